The fourth-order valence-corrected chi connectivity index (χ4v) is 0.656. The van der Waals surface area contributed by atoms with Crippen molar-refractivity contribution in [3.63, 3.8) is 0 Å². The van der Waals surface area contributed by atoms with Crippen molar-refractivity contribution in [1.82, 2.24) is 0 Å². The van der Waals surface area contributed by atoms with Crippen LogP contribution in [0, 0.1) is 0 Å². The lowest BCUT2D eigenvalue weighted by molar-refractivity contribution is 0.246. The van der Waals surface area contributed by atoms with E-state index in [9.17, 15) is 0 Å². The van der Waals surface area contributed by atoms with Gasteiger partial charge in [-0.25, -0.2) is 0 Å². The van der Waals surface area contributed by atoms with Crippen molar-refractivity contribution < 1.29 is 4.74 Å². The molecule has 0 saturated carbocycles. The van der Waals surface area contributed by atoms with Crippen LogP contribution in [0.25, 0.3) is 0 Å². The molecule has 0 aromatic carbocycles. The van der Waals surface area contributed by atoms with Gasteiger partial charge in [0, 0.05) is 6.42 Å². The van der Waals surface area contributed by atoms with Gasteiger partial charge in [0.1, 0.15) is 0 Å². The molecule has 1 nitrogen and oxygen atoms in total. The first-order chi connectivity index (χ1) is 4.30. The van der Waals surface area contributed by atoms with E-state index in [4.69, 9.17) is 4.74 Å². The highest BCUT2D eigenvalue weighted by atomic mass is 16.5. The maximum atomic E-state index is 5.14. The van der Waals surface area contributed by atoms with Crippen LogP contribution in [0.2, 0.25) is 0 Å². The molecule has 0 radical (unpaired) electrons. The zero-order valence-electron chi connectivity index (χ0n) is 6.82. The Balaban J connectivity index is 0.000000291. The summed E-state index contributed by atoms with van der Waals surface area (Å²) in [7, 11) is 0. The van der Waals surface area contributed by atoms with Gasteiger partial charge in [0.15, 0.2) is 0 Å². The maximum Gasteiger partial charge on any atom is 0.0919 e. The van der Waals surface area contributed by atoms with E-state index < -0.39 is 0 Å². The zero-order chi connectivity index (χ0) is 7.28. The van der Waals surface area contributed by atoms with Gasteiger partial charge in [-0.2, -0.15) is 0 Å². The minimum Gasteiger partial charge on any atom is -0.498 e. The van der Waals surface area contributed by atoms with Crippen molar-refractivity contribution in [1.29, 1.82) is 0 Å². The first-order valence-electron chi connectivity index (χ1n) is 3.60. The van der Waals surface area contributed by atoms with Gasteiger partial charge in [-0.1, -0.05) is 13.8 Å². The number of allylic oxidation sites excluding steroid dienone is 1. The molecular formula is C8H16O. The van der Waals surface area contributed by atoms with E-state index in [2.05, 4.69) is 6.92 Å². The molecule has 1 aliphatic heterocycles. The predicted molar refractivity (Wildman–Crippen MR) is 40.3 cm³/mol. The molecule has 0 aromatic rings. The molecule has 0 fully saturated rings. The van der Waals surface area contributed by atoms with Crippen molar-refractivity contribution in [2.45, 2.75) is 34.1 Å². The molecule has 0 atom stereocenters. The molecule has 1 heterocycles. The Morgan fingerprint density at radius 3 is 1.89 bits per heavy atom. The quantitative estimate of drug-likeness (QED) is 0.487. The summed E-state index contributed by atoms with van der Waals surface area (Å²) in [4.78, 5) is 0. The summed E-state index contributed by atoms with van der Waals surface area (Å²) in [6, 6.07) is 0. The summed E-state index contributed by atoms with van der Waals surface area (Å²) >= 11 is 0. The van der Waals surface area contributed by atoms with Crippen LogP contribution in [0.3, 0.4) is 0 Å². The van der Waals surface area contributed by atoms with Gasteiger partial charge >= 0.3 is 0 Å². The summed E-state index contributed by atoms with van der Waals surface area (Å²) in [6.07, 6.45) is 1.13. The van der Waals surface area contributed by atoms with E-state index >= 15 is 0 Å². The topological polar surface area (TPSA) is 9.23 Å². The van der Waals surface area contributed by atoms with E-state index in [-0.39, 0.29) is 0 Å². The van der Waals surface area contributed by atoms with Gasteiger partial charge in [0.2, 0.25) is 0 Å². The lowest BCUT2D eigenvalue weighted by Gasteiger charge is -1.91. The van der Waals surface area contributed by atoms with Gasteiger partial charge in [0.25, 0.3) is 0 Å². The molecule has 0 spiro atoms. The van der Waals surface area contributed by atoms with Crippen molar-refractivity contribution in [3.8, 4) is 0 Å². The second kappa shape index (κ2) is 4.42. The number of rotatable bonds is 0. The molecule has 1 heteroatoms. The molecule has 0 saturated heterocycles. The first-order valence-corrected chi connectivity index (χ1v) is 3.60. The molecule has 9 heavy (non-hydrogen) atoms. The normalized spacial score (nSPS) is 16.4. The second-order valence-electron chi connectivity index (χ2n) is 1.93. The van der Waals surface area contributed by atoms with E-state index in [1.54, 1.807) is 0 Å². The van der Waals surface area contributed by atoms with Crippen LogP contribution >= 0.6 is 0 Å². The minimum absolute atomic E-state index is 0.900. The van der Waals surface area contributed by atoms with Gasteiger partial charge in [0.05, 0.1) is 12.4 Å². The third kappa shape index (κ3) is 2.54. The summed E-state index contributed by atoms with van der Waals surface area (Å²) < 4.78 is 5.14. The molecule has 0 amide bonds. The predicted octanol–water partition coefficient (Wildman–Crippen LogP) is 2.73. The monoisotopic (exact) mass is 128 g/mol. The summed E-state index contributed by atoms with van der Waals surface area (Å²) in [5, 5.41) is 0. The molecule has 54 valence electrons. The molecule has 1 rings (SSSR count). The van der Waals surface area contributed by atoms with Gasteiger partial charge in [-0.15, -0.1) is 0 Å². The Morgan fingerprint density at radius 2 is 1.78 bits per heavy atom. The van der Waals surface area contributed by atoms with Crippen molar-refractivity contribution >= 4 is 0 Å². The van der Waals surface area contributed by atoms with Crippen LogP contribution < -0.4 is 0 Å². The standard InChI is InChI=1S/C6H10O.C2H6/c1-5-3-4-7-6(5)2;1-2/h3-4H2,1-2H3;1-2H3. The number of hydrogen-bond donors (Lipinski definition) is 0. The lowest BCUT2D eigenvalue weighted by atomic mass is 10.2. The van der Waals surface area contributed by atoms with Gasteiger partial charge < -0.3 is 4.74 Å². The Bertz CT molecular complexity index is 91.1. The van der Waals surface area contributed by atoms with Gasteiger partial charge in [-0.05, 0) is 19.4 Å². The van der Waals surface area contributed by atoms with E-state index in [0.717, 1.165) is 18.8 Å². The third-order valence-electron chi connectivity index (χ3n) is 1.40. The summed E-state index contributed by atoms with van der Waals surface area (Å²) in [5.74, 6) is 1.12. The lowest BCUT2D eigenvalue weighted by Crippen LogP contribution is -1.76. The average Bonchev–Trinajstić information content (AvgIpc) is 2.23. The number of ether oxygens (including phenoxy) is 1. The average molecular weight is 128 g/mol. The van der Waals surface area contributed by atoms with Crippen LogP contribution in [-0.2, 0) is 4.74 Å². The molecule has 0 aromatic heterocycles. The zero-order valence-corrected chi connectivity index (χ0v) is 6.82. The smallest absolute Gasteiger partial charge is 0.0919 e. The Kier molecular flexibility index (Phi) is 4.20. The third-order valence-corrected chi connectivity index (χ3v) is 1.40. The first kappa shape index (κ1) is 8.54. The Labute approximate surface area is 57.7 Å². The van der Waals surface area contributed by atoms with Crippen LogP contribution in [0.5, 0.6) is 0 Å². The van der Waals surface area contributed by atoms with Crippen molar-refractivity contribution in [3.05, 3.63) is 11.3 Å². The highest BCUT2D eigenvalue weighted by Crippen LogP contribution is 2.16. The van der Waals surface area contributed by atoms with Crippen LogP contribution in [-0.4, -0.2) is 6.61 Å². The maximum absolute atomic E-state index is 5.14. The molecule has 0 N–H and O–H groups in total. The van der Waals surface area contributed by atoms with Crippen LogP contribution in [0.1, 0.15) is 34.1 Å². The van der Waals surface area contributed by atoms with E-state index in [1.807, 2.05) is 20.8 Å². The van der Waals surface area contributed by atoms with Crippen molar-refractivity contribution in [2.24, 2.45) is 0 Å². The number of hydrogen-bond acceptors (Lipinski definition) is 1. The largest absolute Gasteiger partial charge is 0.498 e. The molecule has 0 aliphatic carbocycles. The van der Waals surface area contributed by atoms with E-state index in [1.165, 1.54) is 5.57 Å². The SMILES string of the molecule is CC.CC1=C(C)OCC1. The second-order valence-corrected chi connectivity index (χ2v) is 1.93. The van der Waals surface area contributed by atoms with Crippen LogP contribution in [0.4, 0.5) is 0 Å². The van der Waals surface area contributed by atoms with Crippen molar-refractivity contribution in [2.75, 3.05) is 6.61 Å². The molecule has 1 aliphatic rings. The fourth-order valence-electron chi connectivity index (χ4n) is 0.656. The Hall–Kier alpha value is -0.460. The summed E-state index contributed by atoms with van der Waals surface area (Å²) in [5.41, 5.74) is 1.40. The minimum atomic E-state index is 0.900. The fraction of sp³-hybridized carbons (Fsp3) is 0.750. The highest BCUT2D eigenvalue weighted by Gasteiger charge is 2.04. The van der Waals surface area contributed by atoms with Gasteiger partial charge in [-0.3, -0.25) is 0 Å². The van der Waals surface area contributed by atoms with Crippen LogP contribution in [0.15, 0.2) is 11.3 Å². The molecule has 0 unspecified atom stereocenters. The molecular weight excluding hydrogens is 112 g/mol. The summed E-state index contributed by atoms with van der Waals surface area (Å²) in [6.45, 7) is 9.03. The Morgan fingerprint density at radius 1 is 1.22 bits per heavy atom. The molecule has 0 bridgehead atoms. The highest BCUT2D eigenvalue weighted by molar-refractivity contribution is 5.06. The van der Waals surface area contributed by atoms with E-state index in [0.29, 0.717) is 0 Å².